The molecule has 0 saturated carbocycles. The molecule has 4 aromatic heterocycles. The first-order valence-corrected chi connectivity index (χ1v) is 12.8. The van der Waals surface area contributed by atoms with E-state index in [1.54, 1.807) is 19.9 Å². The van der Waals surface area contributed by atoms with Crippen LogP contribution in [0.5, 0.6) is 0 Å². The van der Waals surface area contributed by atoms with Gasteiger partial charge in [0.1, 0.15) is 29.9 Å². The summed E-state index contributed by atoms with van der Waals surface area (Å²) in [6.45, 7) is 1.49. The molecule has 2 fully saturated rings. The average Bonchev–Trinajstić information content (AvgIpc) is 3.74. The summed E-state index contributed by atoms with van der Waals surface area (Å²) in [7, 11) is 0. The average molecular weight is 618 g/mol. The summed E-state index contributed by atoms with van der Waals surface area (Å²) >= 11 is 0. The van der Waals surface area contributed by atoms with E-state index in [2.05, 4.69) is 35.8 Å². The number of aryl methyl sites for hydroxylation is 2. The summed E-state index contributed by atoms with van der Waals surface area (Å²) in [5, 5.41) is 47.4. The fourth-order valence-corrected chi connectivity index (χ4v) is 4.95. The second-order valence-electron chi connectivity index (χ2n) is 10.1. The number of alkyl halides is 2. The van der Waals surface area contributed by atoms with Crippen molar-refractivity contribution in [3.8, 4) is 18.4 Å². The van der Waals surface area contributed by atoms with Crippen LogP contribution in [0.1, 0.15) is 24.1 Å². The van der Waals surface area contributed by atoms with Crippen LogP contribution in [0.3, 0.4) is 0 Å². The van der Waals surface area contributed by atoms with Crippen molar-refractivity contribution in [2.75, 3.05) is 13.2 Å². The maximum Gasteiger partial charge on any atom is 0.279 e. The SMILES string of the molecule is C#C[C@]1(CO)O[C@@H](n2cnc3c(=O)[nH]c(C)nc32)[C@H](F)[C@@H]1O.Cc1nc2c(ncn2[C@@H]2O[C@](C#N)(CO)[C@@H](O)[C@H]2F)c(=O)[nH]1. The largest absolute Gasteiger partial charge is 0.392 e. The number of H-pyrrole nitrogens is 2. The molecule has 4 aromatic rings. The molecule has 0 unspecified atom stereocenters. The Labute approximate surface area is 244 Å². The zero-order chi connectivity index (χ0) is 32.1. The topological polar surface area (TPSA) is 250 Å². The van der Waals surface area contributed by atoms with Crippen LogP contribution in [0.15, 0.2) is 22.2 Å². The van der Waals surface area contributed by atoms with Crippen molar-refractivity contribution in [3.63, 3.8) is 0 Å². The second kappa shape index (κ2) is 11.1. The van der Waals surface area contributed by atoms with Gasteiger partial charge in [-0.2, -0.15) is 5.26 Å². The summed E-state index contributed by atoms with van der Waals surface area (Å²) in [4.78, 5) is 44.4. The van der Waals surface area contributed by atoms with Crippen LogP contribution in [-0.2, 0) is 9.47 Å². The summed E-state index contributed by atoms with van der Waals surface area (Å²) in [6.07, 6.45) is -2.67. The number of imidazole rings is 2. The molecule has 0 spiro atoms. The molecule has 6 N–H and O–H groups in total. The quantitative estimate of drug-likeness (QED) is 0.135. The Morgan fingerprint density at radius 1 is 0.909 bits per heavy atom. The predicted octanol–water partition coefficient (Wildman–Crippen LogP) is -2.07. The van der Waals surface area contributed by atoms with Crippen LogP contribution < -0.4 is 11.1 Å². The molecule has 0 radical (unpaired) electrons. The Kier molecular flexibility index (Phi) is 7.80. The lowest BCUT2D eigenvalue weighted by Crippen LogP contribution is -2.44. The Hall–Kier alpha value is -4.63. The number of aliphatic hydroxyl groups excluding tert-OH is 4. The van der Waals surface area contributed by atoms with Gasteiger partial charge in [0.05, 0.1) is 25.9 Å². The van der Waals surface area contributed by atoms with Crippen molar-refractivity contribution >= 4 is 22.3 Å². The van der Waals surface area contributed by atoms with Gasteiger partial charge in [-0.05, 0) is 13.8 Å². The smallest absolute Gasteiger partial charge is 0.279 e. The number of halogens is 2. The number of aromatic amines is 2. The standard InChI is InChI=1S/C13H13FN4O4.C12H12FN5O4/c1-3-13(4-19)9(20)7(14)12(22-13)18-5-15-8-10(18)16-6(2)17-11(8)21;1-5-16-9-7(10(21)17-5)15-4-18(9)11-6(13)8(20)12(2-14,3-19)22-11/h1,5,7,9,12,19-20H,4H2,2H3,(H,16,17,21);4,6,8,11,19-20H,3H2,1H3,(H,16,17,21)/t7-,9+,12-,13-;6-,8+,11-,12-/m11/s1. The van der Waals surface area contributed by atoms with Gasteiger partial charge < -0.3 is 39.9 Å². The van der Waals surface area contributed by atoms with Gasteiger partial charge in [0.2, 0.25) is 5.60 Å². The van der Waals surface area contributed by atoms with Crippen LogP contribution in [0.4, 0.5) is 8.78 Å². The number of nitrogens with zero attached hydrogens (tertiary/aromatic N) is 7. The van der Waals surface area contributed by atoms with E-state index in [1.807, 2.05) is 0 Å². The van der Waals surface area contributed by atoms with E-state index in [1.165, 1.54) is 10.9 Å². The zero-order valence-electron chi connectivity index (χ0n) is 22.9. The van der Waals surface area contributed by atoms with Gasteiger partial charge in [-0.1, -0.05) is 5.92 Å². The monoisotopic (exact) mass is 617 g/mol. The molecule has 232 valence electrons. The molecule has 0 aliphatic carbocycles. The lowest BCUT2D eigenvalue weighted by molar-refractivity contribution is -0.0912. The molecule has 0 aromatic carbocycles. The third-order valence-corrected chi connectivity index (χ3v) is 7.32. The maximum absolute atomic E-state index is 14.4. The fourth-order valence-electron chi connectivity index (χ4n) is 4.95. The van der Waals surface area contributed by atoms with Crippen LogP contribution in [0.25, 0.3) is 22.3 Å². The van der Waals surface area contributed by atoms with E-state index < -0.39 is 72.5 Å². The molecular weight excluding hydrogens is 592 g/mol. The summed E-state index contributed by atoms with van der Waals surface area (Å²) in [6, 6.07) is 1.59. The normalized spacial score (nSPS) is 31.5. The fraction of sp³-hybridized carbons (Fsp3) is 0.480. The van der Waals surface area contributed by atoms with Gasteiger partial charge in [-0.3, -0.25) is 18.7 Å². The Bertz CT molecular complexity index is 1790. The van der Waals surface area contributed by atoms with Gasteiger partial charge in [0.15, 0.2) is 52.7 Å². The van der Waals surface area contributed by atoms with Crippen molar-refractivity contribution in [3.05, 3.63) is 45.0 Å². The van der Waals surface area contributed by atoms with Gasteiger partial charge in [0.25, 0.3) is 11.1 Å². The van der Waals surface area contributed by atoms with E-state index in [0.29, 0.717) is 11.6 Å². The van der Waals surface area contributed by atoms with Gasteiger partial charge in [-0.15, -0.1) is 6.42 Å². The third-order valence-electron chi connectivity index (χ3n) is 7.32. The molecule has 6 rings (SSSR count). The predicted molar refractivity (Wildman–Crippen MR) is 142 cm³/mol. The highest BCUT2D eigenvalue weighted by Gasteiger charge is 2.57. The van der Waals surface area contributed by atoms with E-state index in [0.717, 1.165) is 10.9 Å². The molecule has 17 nitrogen and oxygen atoms in total. The molecule has 6 heterocycles. The molecule has 44 heavy (non-hydrogen) atoms. The number of hydrogen-bond acceptors (Lipinski definition) is 13. The minimum atomic E-state index is -2.07. The van der Waals surface area contributed by atoms with Gasteiger partial charge in [-0.25, -0.2) is 28.7 Å². The lowest BCUT2D eigenvalue weighted by Gasteiger charge is -2.23. The van der Waals surface area contributed by atoms with E-state index in [-0.39, 0.29) is 22.3 Å². The highest BCUT2D eigenvalue weighted by Crippen LogP contribution is 2.40. The Morgan fingerprint density at radius 3 is 1.66 bits per heavy atom. The molecular formula is C25H25F2N9O8. The Balaban J connectivity index is 0.000000175. The highest BCUT2D eigenvalue weighted by molar-refractivity contribution is 5.70. The first-order valence-electron chi connectivity index (χ1n) is 12.8. The third kappa shape index (κ3) is 4.63. The minimum absolute atomic E-state index is 0.0121. The lowest BCUT2D eigenvalue weighted by atomic mass is 9.98. The zero-order valence-corrected chi connectivity index (χ0v) is 22.9. The van der Waals surface area contributed by atoms with Crippen LogP contribution in [0, 0.1) is 37.5 Å². The minimum Gasteiger partial charge on any atom is -0.392 e. The molecule has 8 atom stereocenters. The maximum atomic E-state index is 14.4. The van der Waals surface area contributed by atoms with E-state index >= 15 is 0 Å². The van der Waals surface area contributed by atoms with Crippen molar-refractivity contribution in [2.24, 2.45) is 0 Å². The Morgan fingerprint density at radius 2 is 1.32 bits per heavy atom. The summed E-state index contributed by atoms with van der Waals surface area (Å²) in [5.41, 5.74) is -4.73. The molecule has 2 saturated heterocycles. The number of ether oxygens (including phenoxy) is 2. The first-order chi connectivity index (χ1) is 20.9. The number of fused-ring (bicyclic) bond motifs is 2. The van der Waals surface area contributed by atoms with Crippen LogP contribution in [-0.4, -0.2) is 108 Å². The van der Waals surface area contributed by atoms with Gasteiger partial charge in [0, 0.05) is 0 Å². The molecule has 2 aliphatic heterocycles. The van der Waals surface area contributed by atoms with Crippen molar-refractivity contribution < 1.29 is 38.7 Å². The highest BCUT2D eigenvalue weighted by atomic mass is 19.1. The van der Waals surface area contributed by atoms with Gasteiger partial charge >= 0.3 is 0 Å². The van der Waals surface area contributed by atoms with Crippen molar-refractivity contribution in [1.82, 2.24) is 39.0 Å². The molecule has 0 bridgehead atoms. The van der Waals surface area contributed by atoms with E-state index in [4.69, 9.17) is 21.2 Å². The number of nitrogens with one attached hydrogen (secondary N) is 2. The van der Waals surface area contributed by atoms with Crippen molar-refractivity contribution in [2.45, 2.75) is 62.1 Å². The number of terminal acetylenes is 1. The van der Waals surface area contributed by atoms with Crippen LogP contribution in [0.2, 0.25) is 0 Å². The number of hydrogen-bond donors (Lipinski definition) is 6. The first kappa shape index (κ1) is 30.8. The van der Waals surface area contributed by atoms with Crippen molar-refractivity contribution in [1.29, 1.82) is 5.26 Å². The number of rotatable bonds is 4. The number of aromatic nitrogens is 8. The molecule has 2 aliphatic rings. The molecule has 0 amide bonds. The second-order valence-corrected chi connectivity index (χ2v) is 10.1. The summed E-state index contributed by atoms with van der Waals surface area (Å²) in [5.74, 6) is 2.70. The van der Waals surface area contributed by atoms with E-state index in [9.17, 15) is 38.8 Å². The number of nitriles is 1. The summed E-state index contributed by atoms with van der Waals surface area (Å²) < 4.78 is 41.7. The van der Waals surface area contributed by atoms with Crippen LogP contribution >= 0.6 is 0 Å². The number of aliphatic hydroxyl groups is 4. The molecule has 19 heteroatoms.